The molecule has 8 nitrogen and oxygen atoms in total. The fourth-order valence-corrected chi connectivity index (χ4v) is 4.26. The van der Waals surface area contributed by atoms with E-state index in [1.54, 1.807) is 4.90 Å². The maximum Gasteiger partial charge on any atom is 0.410 e. The number of nitrogens with zero attached hydrogens (tertiary/aromatic N) is 3. The van der Waals surface area contributed by atoms with E-state index < -0.39 is 11.2 Å². The number of carbonyl (C=O) groups excluding carboxylic acids is 2. The van der Waals surface area contributed by atoms with Crippen LogP contribution in [0.5, 0.6) is 0 Å². The van der Waals surface area contributed by atoms with Gasteiger partial charge in [0.15, 0.2) is 0 Å². The van der Waals surface area contributed by atoms with Crippen LogP contribution in [0.25, 0.3) is 0 Å². The first-order valence-corrected chi connectivity index (χ1v) is 12.0. The third-order valence-electron chi connectivity index (χ3n) is 5.33. The van der Waals surface area contributed by atoms with Gasteiger partial charge in [-0.1, -0.05) is 6.92 Å². The van der Waals surface area contributed by atoms with Gasteiger partial charge in [-0.3, -0.25) is 4.90 Å². The van der Waals surface area contributed by atoms with Crippen molar-refractivity contribution in [3.8, 4) is 0 Å². The number of hydrogen-bond donors (Lipinski definition) is 1. The van der Waals surface area contributed by atoms with E-state index >= 15 is 0 Å². The van der Waals surface area contributed by atoms with E-state index in [1.165, 1.54) is 0 Å². The van der Waals surface area contributed by atoms with Gasteiger partial charge in [0.25, 0.3) is 0 Å². The molecule has 1 N–H and O–H groups in total. The highest BCUT2D eigenvalue weighted by Gasteiger charge is 2.33. The van der Waals surface area contributed by atoms with Gasteiger partial charge >= 0.3 is 12.2 Å². The molecule has 0 spiro atoms. The molecule has 2 heterocycles. The molecule has 0 bridgehead atoms. The van der Waals surface area contributed by atoms with Crippen molar-refractivity contribution in [1.29, 1.82) is 0 Å². The van der Waals surface area contributed by atoms with Crippen molar-refractivity contribution in [2.45, 2.75) is 112 Å². The summed E-state index contributed by atoms with van der Waals surface area (Å²) in [4.78, 5) is 29.8. The largest absolute Gasteiger partial charge is 0.444 e. The van der Waals surface area contributed by atoms with Gasteiger partial charge in [0.1, 0.15) is 11.2 Å². The van der Waals surface area contributed by atoms with Crippen LogP contribution in [0.2, 0.25) is 0 Å². The Hall–Kier alpha value is -1.54. The molecule has 0 aromatic heterocycles. The van der Waals surface area contributed by atoms with E-state index in [2.05, 4.69) is 44.8 Å². The summed E-state index contributed by atoms with van der Waals surface area (Å²) >= 11 is 0. The average Bonchev–Trinajstić information content (AvgIpc) is 2.58. The van der Waals surface area contributed by atoms with Crippen LogP contribution in [0.15, 0.2) is 0 Å². The molecule has 4 atom stereocenters. The number of carbonyl (C=O) groups is 2. The van der Waals surface area contributed by atoms with E-state index in [-0.39, 0.29) is 12.2 Å². The number of rotatable bonds is 1. The van der Waals surface area contributed by atoms with Gasteiger partial charge in [0.05, 0.1) is 0 Å². The topological polar surface area (TPSA) is 74.4 Å². The Balaban J connectivity index is 0.000000323. The molecule has 0 saturated carbocycles. The quantitative estimate of drug-likeness (QED) is 0.644. The van der Waals surface area contributed by atoms with Crippen molar-refractivity contribution in [3.63, 3.8) is 0 Å². The van der Waals surface area contributed by atoms with E-state index in [1.807, 2.05) is 46.4 Å². The van der Waals surface area contributed by atoms with Gasteiger partial charge in [0, 0.05) is 50.3 Å². The number of amides is 2. The molecule has 0 aromatic carbocycles. The van der Waals surface area contributed by atoms with E-state index in [9.17, 15) is 9.59 Å². The van der Waals surface area contributed by atoms with Crippen molar-refractivity contribution in [2.24, 2.45) is 0 Å². The molecule has 32 heavy (non-hydrogen) atoms. The smallest absolute Gasteiger partial charge is 0.410 e. The minimum absolute atomic E-state index is 0.188. The average molecular weight is 457 g/mol. The van der Waals surface area contributed by atoms with Crippen LogP contribution in [0.1, 0.15) is 76.2 Å². The summed E-state index contributed by atoms with van der Waals surface area (Å²) in [6, 6.07) is 1.47. The Kier molecular flexibility index (Phi) is 10.3. The Morgan fingerprint density at radius 1 is 0.750 bits per heavy atom. The van der Waals surface area contributed by atoms with E-state index in [0.29, 0.717) is 24.2 Å². The number of hydrogen-bond acceptors (Lipinski definition) is 6. The molecule has 2 aliphatic rings. The first-order valence-electron chi connectivity index (χ1n) is 12.0. The summed E-state index contributed by atoms with van der Waals surface area (Å²) < 4.78 is 10.7. The van der Waals surface area contributed by atoms with Gasteiger partial charge in [-0.15, -0.1) is 0 Å². The van der Waals surface area contributed by atoms with Crippen LogP contribution in [0, 0.1) is 0 Å². The Morgan fingerprint density at radius 3 is 1.41 bits per heavy atom. The second kappa shape index (κ2) is 11.5. The molecular weight excluding hydrogens is 408 g/mol. The molecule has 188 valence electrons. The van der Waals surface area contributed by atoms with Crippen LogP contribution >= 0.6 is 0 Å². The summed E-state index contributed by atoms with van der Waals surface area (Å²) in [7, 11) is 0. The molecule has 8 heteroatoms. The fourth-order valence-electron chi connectivity index (χ4n) is 4.26. The molecule has 2 saturated heterocycles. The Morgan fingerprint density at radius 2 is 1.09 bits per heavy atom. The minimum atomic E-state index is -0.411. The minimum Gasteiger partial charge on any atom is -0.444 e. The summed E-state index contributed by atoms with van der Waals surface area (Å²) in [5.41, 5.74) is -0.820. The van der Waals surface area contributed by atoms with Crippen LogP contribution in [0.3, 0.4) is 0 Å². The predicted molar refractivity (Wildman–Crippen MR) is 129 cm³/mol. The normalized spacial score (nSPS) is 27.3. The number of piperazine rings is 2. The number of nitrogens with one attached hydrogen (secondary N) is 1. The Labute approximate surface area is 196 Å². The molecule has 4 unspecified atom stereocenters. The van der Waals surface area contributed by atoms with Gasteiger partial charge in [-0.05, 0) is 75.8 Å². The summed E-state index contributed by atoms with van der Waals surface area (Å²) in [6.45, 7) is 26.0. The SMILES string of the molecule is CC1CN(C(=O)OC(C)(C)C)CC(C)N1.CCN1C(C)CN(C(=O)OC(C)(C)C)CC1C. The van der Waals surface area contributed by atoms with E-state index in [4.69, 9.17) is 9.47 Å². The molecule has 0 radical (unpaired) electrons. The first-order chi connectivity index (χ1) is 14.5. The highest BCUT2D eigenvalue weighted by Crippen LogP contribution is 2.18. The van der Waals surface area contributed by atoms with Crippen LogP contribution in [0.4, 0.5) is 9.59 Å². The zero-order valence-electron chi connectivity index (χ0n) is 22.3. The molecule has 2 aliphatic heterocycles. The summed E-state index contributed by atoms with van der Waals surface area (Å²) in [5, 5.41) is 3.38. The monoisotopic (exact) mass is 456 g/mol. The fraction of sp³-hybridized carbons (Fsp3) is 0.917. The van der Waals surface area contributed by atoms with Crippen LogP contribution in [-0.2, 0) is 9.47 Å². The summed E-state index contributed by atoms with van der Waals surface area (Å²) in [5.74, 6) is 0. The van der Waals surface area contributed by atoms with Crippen molar-refractivity contribution < 1.29 is 19.1 Å². The molecular formula is C24H48N4O4. The highest BCUT2D eigenvalue weighted by atomic mass is 16.6. The number of ether oxygens (including phenoxy) is 2. The van der Waals surface area contributed by atoms with Gasteiger partial charge in [-0.2, -0.15) is 0 Å². The first kappa shape index (κ1) is 28.5. The van der Waals surface area contributed by atoms with Crippen molar-refractivity contribution in [3.05, 3.63) is 0 Å². The third kappa shape index (κ3) is 9.94. The lowest BCUT2D eigenvalue weighted by molar-refractivity contribution is -0.00620. The predicted octanol–water partition coefficient (Wildman–Crippen LogP) is 3.94. The van der Waals surface area contributed by atoms with Crippen LogP contribution in [-0.4, -0.2) is 95.0 Å². The Bertz CT molecular complexity index is 592. The van der Waals surface area contributed by atoms with Crippen molar-refractivity contribution in [1.82, 2.24) is 20.0 Å². The zero-order chi connectivity index (χ0) is 24.9. The van der Waals surface area contributed by atoms with Gasteiger partial charge < -0.3 is 24.6 Å². The van der Waals surface area contributed by atoms with Gasteiger partial charge in [-0.25, -0.2) is 9.59 Å². The van der Waals surface area contributed by atoms with Crippen molar-refractivity contribution >= 4 is 12.2 Å². The number of likely N-dealkylation sites (N-methyl/N-ethyl adjacent to an activating group) is 1. The lowest BCUT2D eigenvalue weighted by Gasteiger charge is -2.44. The second-order valence-corrected chi connectivity index (χ2v) is 11.3. The molecule has 0 aliphatic carbocycles. The molecule has 0 aromatic rings. The van der Waals surface area contributed by atoms with Crippen molar-refractivity contribution in [2.75, 3.05) is 32.7 Å². The standard InChI is InChI=1S/C13H26N2O2.C11H22N2O2/c1-7-15-10(2)8-14(9-11(15)3)12(16)17-13(4,5)6;1-8-6-13(7-9(2)12-8)10(14)15-11(3,4)5/h10-11H,7-9H2,1-6H3;8-9,12H,6-7H2,1-5H3. The molecule has 2 fully saturated rings. The maximum absolute atomic E-state index is 12.0. The third-order valence-corrected chi connectivity index (χ3v) is 5.33. The lowest BCUT2D eigenvalue weighted by Crippen LogP contribution is -2.58. The molecule has 2 rings (SSSR count). The van der Waals surface area contributed by atoms with Gasteiger partial charge in [0.2, 0.25) is 0 Å². The highest BCUT2D eigenvalue weighted by molar-refractivity contribution is 5.68. The maximum atomic E-state index is 12.0. The van der Waals surface area contributed by atoms with E-state index in [0.717, 1.165) is 32.7 Å². The lowest BCUT2D eigenvalue weighted by atomic mass is 10.1. The van der Waals surface area contributed by atoms with Crippen LogP contribution < -0.4 is 5.32 Å². The molecule has 2 amide bonds. The zero-order valence-corrected chi connectivity index (χ0v) is 22.3. The second-order valence-electron chi connectivity index (χ2n) is 11.3. The summed E-state index contributed by atoms with van der Waals surface area (Å²) in [6.07, 6.45) is -0.394.